The van der Waals surface area contributed by atoms with E-state index in [1.165, 1.54) is 0 Å². The maximum Gasteiger partial charge on any atom is 0.254 e. The second-order valence-electron chi connectivity index (χ2n) is 3.09. The Balaban J connectivity index is 2.34. The lowest BCUT2D eigenvalue weighted by atomic mass is 10.0. The van der Waals surface area contributed by atoms with Gasteiger partial charge in [0.2, 0.25) is 5.78 Å². The number of carbonyl (C=O) groups excluding carboxylic acids is 1. The van der Waals surface area contributed by atoms with Crippen molar-refractivity contribution in [2.24, 2.45) is 20.7 Å². The van der Waals surface area contributed by atoms with Crippen molar-refractivity contribution in [2.75, 3.05) is 0 Å². The molecule has 0 saturated carbocycles. The van der Waals surface area contributed by atoms with Crippen LogP contribution < -0.4 is 0 Å². The first-order valence-electron chi connectivity index (χ1n) is 4.16. The average Bonchev–Trinajstić information content (AvgIpc) is 2.67. The van der Waals surface area contributed by atoms with Gasteiger partial charge in [-0.1, -0.05) is 30.3 Å². The standard InChI is InChI=1S/C9H8N4O/c1-9(10-12-13-11-9)8(14)7-5-3-2-4-6-7/h2-6H,1H3. The van der Waals surface area contributed by atoms with Gasteiger partial charge in [-0.2, -0.15) is 0 Å². The molecule has 5 nitrogen and oxygen atoms in total. The third-order valence-corrected chi connectivity index (χ3v) is 1.99. The summed E-state index contributed by atoms with van der Waals surface area (Å²) in [6, 6.07) is 8.87. The molecule has 70 valence electrons. The van der Waals surface area contributed by atoms with Crippen LogP contribution in [0, 0.1) is 0 Å². The first-order valence-corrected chi connectivity index (χ1v) is 4.16. The van der Waals surface area contributed by atoms with E-state index in [1.807, 2.05) is 6.07 Å². The van der Waals surface area contributed by atoms with Crippen molar-refractivity contribution in [3.63, 3.8) is 0 Å². The number of hydrogen-bond acceptors (Lipinski definition) is 5. The van der Waals surface area contributed by atoms with Gasteiger partial charge in [-0.25, -0.2) is 0 Å². The zero-order valence-corrected chi connectivity index (χ0v) is 7.58. The van der Waals surface area contributed by atoms with Crippen molar-refractivity contribution in [2.45, 2.75) is 12.6 Å². The summed E-state index contributed by atoms with van der Waals surface area (Å²) in [6.45, 7) is 1.59. The molecule has 1 aliphatic heterocycles. The summed E-state index contributed by atoms with van der Waals surface area (Å²) in [5.74, 6) is -0.192. The van der Waals surface area contributed by atoms with Gasteiger partial charge in [0.1, 0.15) is 0 Å². The highest BCUT2D eigenvalue weighted by molar-refractivity contribution is 6.02. The maximum absolute atomic E-state index is 11.9. The Kier molecular flexibility index (Phi) is 1.92. The summed E-state index contributed by atoms with van der Waals surface area (Å²) < 4.78 is 0. The van der Waals surface area contributed by atoms with Crippen LogP contribution in [-0.4, -0.2) is 11.4 Å². The predicted octanol–water partition coefficient (Wildman–Crippen LogP) is 2.42. The van der Waals surface area contributed by atoms with E-state index in [1.54, 1.807) is 31.2 Å². The third kappa shape index (κ3) is 1.32. The Bertz CT molecular complexity index is 398. The molecule has 0 bridgehead atoms. The summed E-state index contributed by atoms with van der Waals surface area (Å²) in [5.41, 5.74) is -0.601. The molecule has 2 rings (SSSR count). The van der Waals surface area contributed by atoms with Crippen molar-refractivity contribution in [1.82, 2.24) is 0 Å². The van der Waals surface area contributed by atoms with Gasteiger partial charge in [0, 0.05) is 5.56 Å². The van der Waals surface area contributed by atoms with Gasteiger partial charge in [-0.3, -0.25) is 4.79 Å². The van der Waals surface area contributed by atoms with E-state index < -0.39 is 5.66 Å². The van der Waals surface area contributed by atoms with Gasteiger partial charge in [0.05, 0.1) is 0 Å². The summed E-state index contributed by atoms with van der Waals surface area (Å²) in [7, 11) is 0. The van der Waals surface area contributed by atoms with Crippen LogP contribution in [0.5, 0.6) is 0 Å². The molecule has 0 saturated heterocycles. The molecule has 0 unspecified atom stereocenters. The third-order valence-electron chi connectivity index (χ3n) is 1.99. The molecule has 0 atom stereocenters. The van der Waals surface area contributed by atoms with Crippen LogP contribution in [0.4, 0.5) is 0 Å². The highest BCUT2D eigenvalue weighted by atomic mass is 16.1. The molecule has 1 aromatic rings. The molecule has 0 aromatic heterocycles. The first kappa shape index (κ1) is 8.68. The Morgan fingerprint density at radius 3 is 2.29 bits per heavy atom. The maximum atomic E-state index is 11.9. The Labute approximate surface area is 80.5 Å². The minimum absolute atomic E-state index is 0.192. The normalized spacial score (nSPS) is 17.2. The van der Waals surface area contributed by atoms with E-state index in [0.29, 0.717) is 5.56 Å². The molecule has 0 aliphatic carbocycles. The molecule has 0 radical (unpaired) electrons. The molecule has 14 heavy (non-hydrogen) atoms. The van der Waals surface area contributed by atoms with Crippen molar-refractivity contribution in [1.29, 1.82) is 0 Å². The number of rotatable bonds is 2. The molecule has 5 heteroatoms. The number of Topliss-reactive ketones (excluding diaryl/α,β-unsaturated/α-hetero) is 1. The van der Waals surface area contributed by atoms with Gasteiger partial charge in [-0.05, 0) is 17.4 Å². The van der Waals surface area contributed by atoms with Crippen LogP contribution >= 0.6 is 0 Å². The van der Waals surface area contributed by atoms with Gasteiger partial charge < -0.3 is 0 Å². The lowest BCUT2D eigenvalue weighted by molar-refractivity contribution is 0.0907. The molecule has 1 heterocycles. The van der Waals surface area contributed by atoms with E-state index in [2.05, 4.69) is 20.7 Å². The summed E-state index contributed by atoms with van der Waals surface area (Å²) in [4.78, 5) is 11.9. The van der Waals surface area contributed by atoms with E-state index in [4.69, 9.17) is 0 Å². The smallest absolute Gasteiger partial charge is 0.254 e. The van der Waals surface area contributed by atoms with E-state index >= 15 is 0 Å². The monoisotopic (exact) mass is 188 g/mol. The SMILES string of the molecule is CC1(C(=O)c2ccccc2)N=NN=N1. The number of ketones is 1. The van der Waals surface area contributed by atoms with Crippen LogP contribution in [-0.2, 0) is 0 Å². The van der Waals surface area contributed by atoms with Crippen molar-refractivity contribution < 1.29 is 4.79 Å². The summed E-state index contributed by atoms with van der Waals surface area (Å²) in [5, 5.41) is 14.1. The number of benzene rings is 1. The van der Waals surface area contributed by atoms with E-state index in [9.17, 15) is 4.79 Å². The Morgan fingerprint density at radius 1 is 1.14 bits per heavy atom. The molecule has 1 aliphatic rings. The average molecular weight is 188 g/mol. The van der Waals surface area contributed by atoms with Crippen molar-refractivity contribution in [3.8, 4) is 0 Å². The molecule has 0 N–H and O–H groups in total. The molecule has 0 spiro atoms. The highest BCUT2D eigenvalue weighted by Crippen LogP contribution is 2.24. The minimum Gasteiger partial charge on any atom is -0.289 e. The Hall–Kier alpha value is -1.91. The summed E-state index contributed by atoms with van der Waals surface area (Å²) in [6.07, 6.45) is 0. The summed E-state index contributed by atoms with van der Waals surface area (Å²) >= 11 is 0. The van der Waals surface area contributed by atoms with Gasteiger partial charge in [0.15, 0.2) is 0 Å². The fraction of sp³-hybridized carbons (Fsp3) is 0.222. The Morgan fingerprint density at radius 2 is 1.71 bits per heavy atom. The lowest BCUT2D eigenvalue weighted by Crippen LogP contribution is -2.28. The minimum atomic E-state index is -1.17. The first-order chi connectivity index (χ1) is 6.72. The van der Waals surface area contributed by atoms with Gasteiger partial charge in [-0.15, -0.1) is 10.2 Å². The number of hydrogen-bond donors (Lipinski definition) is 0. The second-order valence-corrected chi connectivity index (χ2v) is 3.09. The second kappa shape index (κ2) is 3.10. The van der Waals surface area contributed by atoms with Crippen LogP contribution in [0.15, 0.2) is 51.0 Å². The van der Waals surface area contributed by atoms with Crippen molar-refractivity contribution >= 4 is 5.78 Å². The van der Waals surface area contributed by atoms with Crippen LogP contribution in [0.2, 0.25) is 0 Å². The predicted molar refractivity (Wildman–Crippen MR) is 48.9 cm³/mol. The van der Waals surface area contributed by atoms with Crippen LogP contribution in [0.3, 0.4) is 0 Å². The highest BCUT2D eigenvalue weighted by Gasteiger charge is 2.36. The molecule has 0 fully saturated rings. The van der Waals surface area contributed by atoms with Gasteiger partial charge >= 0.3 is 0 Å². The largest absolute Gasteiger partial charge is 0.289 e. The fourth-order valence-electron chi connectivity index (χ4n) is 1.19. The number of carbonyl (C=O) groups is 1. The lowest BCUT2D eigenvalue weighted by Gasteiger charge is -2.11. The number of nitrogens with zero attached hydrogens (tertiary/aromatic N) is 4. The molecular weight excluding hydrogens is 180 g/mol. The van der Waals surface area contributed by atoms with Crippen molar-refractivity contribution in [3.05, 3.63) is 35.9 Å². The quantitative estimate of drug-likeness (QED) is 0.657. The zero-order valence-electron chi connectivity index (χ0n) is 7.58. The van der Waals surface area contributed by atoms with E-state index in [-0.39, 0.29) is 5.78 Å². The molecule has 0 amide bonds. The van der Waals surface area contributed by atoms with E-state index in [0.717, 1.165) is 0 Å². The zero-order chi connectivity index (χ0) is 10.0. The van der Waals surface area contributed by atoms with Crippen LogP contribution in [0.25, 0.3) is 0 Å². The topological polar surface area (TPSA) is 66.5 Å². The van der Waals surface area contributed by atoms with Gasteiger partial charge in [0.25, 0.3) is 5.66 Å². The fourth-order valence-corrected chi connectivity index (χ4v) is 1.19. The molecule has 1 aromatic carbocycles. The molecular formula is C9H8N4O. The van der Waals surface area contributed by atoms with Crippen LogP contribution in [0.1, 0.15) is 17.3 Å².